The molecule has 0 radical (unpaired) electrons. The number of halogens is 5. The van der Waals surface area contributed by atoms with Gasteiger partial charge >= 0.3 is 6.18 Å². The summed E-state index contributed by atoms with van der Waals surface area (Å²) in [5.74, 6) is -0.282. The van der Waals surface area contributed by atoms with Gasteiger partial charge in [0.05, 0.1) is 5.56 Å². The lowest BCUT2D eigenvalue weighted by molar-refractivity contribution is -0.137. The molecule has 1 heterocycles. The molecular weight excluding hydrogens is 338 g/mol. The summed E-state index contributed by atoms with van der Waals surface area (Å²) in [5, 5.41) is 0. The summed E-state index contributed by atoms with van der Waals surface area (Å²) in [4.78, 5) is 14.4. The van der Waals surface area contributed by atoms with Crippen molar-refractivity contribution in [1.29, 1.82) is 0 Å². The Hall–Kier alpha value is -0.780. The minimum absolute atomic E-state index is 0. The van der Waals surface area contributed by atoms with Crippen molar-refractivity contribution in [3.05, 3.63) is 35.4 Å². The molecule has 22 heavy (non-hydrogen) atoms. The summed E-state index contributed by atoms with van der Waals surface area (Å²) in [6, 6.07) is 4.48. The van der Waals surface area contributed by atoms with Crippen LogP contribution < -0.4 is 0 Å². The number of ketones is 1. The molecular formula is C15H20Cl2F3NO. The summed E-state index contributed by atoms with van der Waals surface area (Å²) in [6.45, 7) is 4.52. The Morgan fingerprint density at radius 1 is 1.14 bits per heavy atom. The second-order valence-electron chi connectivity index (χ2n) is 5.35. The van der Waals surface area contributed by atoms with Crippen LogP contribution in [0.1, 0.15) is 35.7 Å². The van der Waals surface area contributed by atoms with Crippen molar-refractivity contribution in [3.8, 4) is 0 Å². The molecule has 0 unspecified atom stereocenters. The molecule has 2 nitrogen and oxygen atoms in total. The summed E-state index contributed by atoms with van der Waals surface area (Å²) >= 11 is 0. The number of hydrogen-bond donors (Lipinski definition) is 0. The number of carbonyl (C=O) groups is 1. The average Bonchev–Trinajstić information content (AvgIpc) is 2.90. The summed E-state index contributed by atoms with van der Waals surface area (Å²) in [5.41, 5.74) is -0.369. The van der Waals surface area contributed by atoms with Crippen LogP contribution in [0.2, 0.25) is 0 Å². The van der Waals surface area contributed by atoms with E-state index >= 15 is 0 Å². The van der Waals surface area contributed by atoms with Crippen molar-refractivity contribution in [3.63, 3.8) is 0 Å². The number of alkyl halides is 3. The zero-order chi connectivity index (χ0) is 14.8. The van der Waals surface area contributed by atoms with Crippen LogP contribution in [0.5, 0.6) is 0 Å². The monoisotopic (exact) mass is 357 g/mol. The Kier molecular flexibility index (Phi) is 8.44. The number of hydrogen-bond acceptors (Lipinski definition) is 2. The molecule has 1 fully saturated rings. The van der Waals surface area contributed by atoms with Gasteiger partial charge in [-0.15, -0.1) is 24.8 Å². The van der Waals surface area contributed by atoms with Crippen LogP contribution in [-0.4, -0.2) is 30.3 Å². The van der Waals surface area contributed by atoms with E-state index in [1.807, 2.05) is 6.92 Å². The minimum Gasteiger partial charge on any atom is -0.303 e. The zero-order valence-electron chi connectivity index (χ0n) is 12.2. The molecule has 0 bridgehead atoms. The molecule has 0 spiro atoms. The number of benzene rings is 1. The number of rotatable bonds is 4. The molecule has 2 rings (SSSR count). The highest BCUT2D eigenvalue weighted by molar-refractivity contribution is 5.97. The molecule has 1 aromatic carbocycles. The third-order valence-corrected chi connectivity index (χ3v) is 3.68. The number of Topliss-reactive ketones (excluding diaryl/α,β-unsaturated/α-hetero) is 1. The normalized spacial score (nSPS) is 16.5. The predicted molar refractivity (Wildman–Crippen MR) is 85.1 cm³/mol. The Labute approximate surface area is 140 Å². The topological polar surface area (TPSA) is 20.3 Å². The van der Waals surface area contributed by atoms with E-state index < -0.39 is 11.7 Å². The van der Waals surface area contributed by atoms with Crippen molar-refractivity contribution in [2.45, 2.75) is 25.9 Å². The van der Waals surface area contributed by atoms with E-state index in [4.69, 9.17) is 0 Å². The molecule has 0 amide bonds. The number of carbonyl (C=O) groups excluding carboxylic acids is 1. The van der Waals surface area contributed by atoms with Crippen LogP contribution in [0.3, 0.4) is 0 Å². The van der Waals surface area contributed by atoms with Gasteiger partial charge in [-0.2, -0.15) is 13.2 Å². The van der Waals surface area contributed by atoms with Crippen molar-refractivity contribution in [2.75, 3.05) is 19.6 Å². The summed E-state index contributed by atoms with van der Waals surface area (Å²) in [6.07, 6.45) is -2.05. The lowest BCUT2D eigenvalue weighted by atomic mass is 9.98. The molecule has 126 valence electrons. The average molecular weight is 358 g/mol. The molecule has 1 aromatic rings. The Morgan fingerprint density at radius 3 is 2.09 bits per heavy atom. The maximum atomic E-state index is 12.5. The predicted octanol–water partition coefficient (Wildman–Crippen LogP) is 4.46. The molecule has 1 saturated heterocycles. The third-order valence-electron chi connectivity index (χ3n) is 3.68. The first-order valence-electron chi connectivity index (χ1n) is 6.82. The fraction of sp³-hybridized carbons (Fsp3) is 0.533. The molecule has 1 atom stereocenters. The fourth-order valence-electron chi connectivity index (χ4n) is 2.54. The van der Waals surface area contributed by atoms with Gasteiger partial charge in [-0.25, -0.2) is 0 Å². The zero-order valence-corrected chi connectivity index (χ0v) is 13.9. The van der Waals surface area contributed by atoms with E-state index in [2.05, 4.69) is 4.90 Å². The quantitative estimate of drug-likeness (QED) is 0.741. The van der Waals surface area contributed by atoms with Gasteiger partial charge in [0.1, 0.15) is 0 Å². The maximum Gasteiger partial charge on any atom is 0.416 e. The van der Waals surface area contributed by atoms with E-state index in [0.29, 0.717) is 12.1 Å². The second kappa shape index (κ2) is 8.75. The van der Waals surface area contributed by atoms with Gasteiger partial charge in [0, 0.05) is 18.0 Å². The van der Waals surface area contributed by atoms with Crippen LogP contribution in [0, 0.1) is 5.92 Å². The largest absolute Gasteiger partial charge is 0.416 e. The number of likely N-dealkylation sites (tertiary alicyclic amines) is 1. The highest BCUT2D eigenvalue weighted by Gasteiger charge is 2.30. The molecule has 0 aliphatic carbocycles. The van der Waals surface area contributed by atoms with Crippen molar-refractivity contribution >= 4 is 30.6 Å². The molecule has 0 N–H and O–H groups in total. The van der Waals surface area contributed by atoms with Gasteiger partial charge in [0.25, 0.3) is 0 Å². The molecule has 0 aromatic heterocycles. The molecule has 7 heteroatoms. The van der Waals surface area contributed by atoms with Crippen LogP contribution >= 0.6 is 24.8 Å². The Morgan fingerprint density at radius 2 is 1.64 bits per heavy atom. The smallest absolute Gasteiger partial charge is 0.303 e. The van der Waals surface area contributed by atoms with E-state index in [9.17, 15) is 18.0 Å². The number of nitrogens with zero attached hydrogens (tertiary/aromatic N) is 1. The van der Waals surface area contributed by atoms with E-state index in [-0.39, 0.29) is 36.5 Å². The first kappa shape index (κ1) is 21.2. The fourth-order valence-corrected chi connectivity index (χ4v) is 2.54. The van der Waals surface area contributed by atoms with Crippen LogP contribution in [0.15, 0.2) is 24.3 Å². The van der Waals surface area contributed by atoms with Crippen molar-refractivity contribution in [2.24, 2.45) is 5.92 Å². The first-order valence-corrected chi connectivity index (χ1v) is 6.82. The lowest BCUT2D eigenvalue weighted by Crippen LogP contribution is -2.29. The van der Waals surface area contributed by atoms with Gasteiger partial charge in [-0.05, 0) is 38.1 Å². The highest BCUT2D eigenvalue weighted by atomic mass is 35.5. The Balaban J connectivity index is 0.00000220. The van der Waals surface area contributed by atoms with E-state index in [1.165, 1.54) is 12.1 Å². The minimum atomic E-state index is -4.36. The van der Waals surface area contributed by atoms with Gasteiger partial charge in [0.15, 0.2) is 5.78 Å². The maximum absolute atomic E-state index is 12.5. The summed E-state index contributed by atoms with van der Waals surface area (Å²) < 4.78 is 37.4. The van der Waals surface area contributed by atoms with Gasteiger partial charge in [0.2, 0.25) is 0 Å². The second-order valence-corrected chi connectivity index (χ2v) is 5.35. The van der Waals surface area contributed by atoms with E-state index in [1.54, 1.807) is 0 Å². The SMILES string of the molecule is C[C@H](CN1CCCC1)C(=O)c1ccc(C(F)(F)F)cc1.Cl.Cl. The van der Waals surface area contributed by atoms with Gasteiger partial charge in [-0.1, -0.05) is 19.1 Å². The third kappa shape index (κ3) is 5.45. The standard InChI is InChI=1S/C15H18F3NO.2ClH/c1-11(10-19-8-2-3-9-19)14(20)12-4-6-13(7-5-12)15(16,17)18;;/h4-7,11H,2-3,8-10H2,1H3;2*1H/t11-;;/m1../s1. The van der Waals surface area contributed by atoms with Crippen LogP contribution in [-0.2, 0) is 6.18 Å². The first-order chi connectivity index (χ1) is 9.38. The lowest BCUT2D eigenvalue weighted by Gasteiger charge is -2.19. The molecule has 1 aliphatic rings. The van der Waals surface area contributed by atoms with Gasteiger partial charge < -0.3 is 4.90 Å². The summed E-state index contributed by atoms with van der Waals surface area (Å²) in [7, 11) is 0. The molecule has 0 saturated carbocycles. The molecule has 1 aliphatic heterocycles. The van der Waals surface area contributed by atoms with Crippen molar-refractivity contribution < 1.29 is 18.0 Å². The van der Waals surface area contributed by atoms with Crippen molar-refractivity contribution in [1.82, 2.24) is 4.90 Å². The van der Waals surface area contributed by atoms with Gasteiger partial charge in [-0.3, -0.25) is 4.79 Å². The van der Waals surface area contributed by atoms with Crippen LogP contribution in [0.4, 0.5) is 13.2 Å². The van der Waals surface area contributed by atoms with Crippen LogP contribution in [0.25, 0.3) is 0 Å². The highest BCUT2D eigenvalue weighted by Crippen LogP contribution is 2.29. The van der Waals surface area contributed by atoms with E-state index in [0.717, 1.165) is 38.1 Å². The Bertz CT molecular complexity index is 471.